The molecule has 0 aliphatic carbocycles. The van der Waals surface area contributed by atoms with Crippen LogP contribution in [0, 0.1) is 0 Å². The summed E-state index contributed by atoms with van der Waals surface area (Å²) in [5.74, 6) is -1.77. The molecule has 0 bridgehead atoms. The van der Waals surface area contributed by atoms with E-state index in [1.165, 1.54) is 173 Å². The van der Waals surface area contributed by atoms with E-state index in [-0.39, 0.29) is 13.0 Å². The number of carbonyl (C=O) groups excluding carboxylic acids is 1. The van der Waals surface area contributed by atoms with Crippen molar-refractivity contribution in [3.63, 3.8) is 0 Å². The van der Waals surface area contributed by atoms with E-state index in [1.54, 1.807) is 0 Å². The molecule has 0 aromatic rings. The number of carbonyl (C=O) groups is 2. The molecule has 0 amide bonds. The second-order valence-corrected chi connectivity index (χ2v) is 18.1. The van der Waals surface area contributed by atoms with Gasteiger partial charge in [0.2, 0.25) is 0 Å². The van der Waals surface area contributed by atoms with Crippen molar-refractivity contribution in [3.05, 3.63) is 12.2 Å². The minimum absolute atomic E-state index is 0.0225. The third-order valence-corrected chi connectivity index (χ3v) is 11.7. The minimum atomic E-state index is -4.61. The third-order valence-electron chi connectivity index (χ3n) is 10.8. The Bertz CT molecular complexity index is 982. The predicted octanol–water partition coefficient (Wildman–Crippen LogP) is 13.7. The minimum Gasteiger partial charge on any atom is -0.480 e. The number of rotatable bonds is 47. The van der Waals surface area contributed by atoms with E-state index in [0.29, 0.717) is 13.0 Å². The van der Waals surface area contributed by atoms with Gasteiger partial charge >= 0.3 is 19.8 Å². The van der Waals surface area contributed by atoms with Crippen molar-refractivity contribution in [2.75, 3.05) is 26.4 Å². The molecule has 0 heterocycles. The Labute approximate surface area is 356 Å². The summed E-state index contributed by atoms with van der Waals surface area (Å²) in [6.45, 7) is 3.93. The van der Waals surface area contributed by atoms with Crippen molar-refractivity contribution in [1.29, 1.82) is 0 Å². The number of allylic oxidation sites excluding steroid dienone is 2. The van der Waals surface area contributed by atoms with E-state index in [1.807, 2.05) is 0 Å². The Morgan fingerprint density at radius 1 is 0.534 bits per heavy atom. The normalized spacial score (nSPS) is 13.9. The van der Waals surface area contributed by atoms with Gasteiger partial charge in [0.05, 0.1) is 19.8 Å². The van der Waals surface area contributed by atoms with E-state index < -0.39 is 45.1 Å². The first-order valence-corrected chi connectivity index (χ1v) is 25.7. The molecule has 0 aromatic heterocycles. The van der Waals surface area contributed by atoms with Crippen molar-refractivity contribution in [3.8, 4) is 0 Å². The van der Waals surface area contributed by atoms with Gasteiger partial charge in [-0.15, -0.1) is 0 Å². The molecule has 3 unspecified atom stereocenters. The van der Waals surface area contributed by atoms with Crippen LogP contribution in [0.5, 0.6) is 0 Å². The largest absolute Gasteiger partial charge is 0.480 e. The van der Waals surface area contributed by atoms with E-state index in [0.717, 1.165) is 38.5 Å². The first kappa shape index (κ1) is 56.7. The maximum Gasteiger partial charge on any atom is 0.472 e. The number of carboxylic acid groups (broad SMARTS) is 1. The zero-order valence-electron chi connectivity index (χ0n) is 37.7. The summed E-state index contributed by atoms with van der Waals surface area (Å²) in [6.07, 6.45) is 46.9. The molecule has 0 aliphatic heterocycles. The van der Waals surface area contributed by atoms with E-state index >= 15 is 0 Å². The van der Waals surface area contributed by atoms with Gasteiger partial charge in [0.1, 0.15) is 12.1 Å². The number of esters is 1. The lowest BCUT2D eigenvalue weighted by atomic mass is 10.0. The Kier molecular flexibility index (Phi) is 42.8. The van der Waals surface area contributed by atoms with Crippen LogP contribution in [0.4, 0.5) is 0 Å². The van der Waals surface area contributed by atoms with Crippen molar-refractivity contribution in [2.24, 2.45) is 5.73 Å². The van der Waals surface area contributed by atoms with Gasteiger partial charge in [0, 0.05) is 13.0 Å². The molecule has 11 heteroatoms. The Balaban J connectivity index is 4.14. The molecule has 0 rings (SSSR count). The monoisotopic (exact) mass is 846 g/mol. The van der Waals surface area contributed by atoms with Crippen molar-refractivity contribution < 1.29 is 42.7 Å². The molecule has 58 heavy (non-hydrogen) atoms. The van der Waals surface area contributed by atoms with Gasteiger partial charge in [-0.05, 0) is 38.5 Å². The summed E-state index contributed by atoms with van der Waals surface area (Å²) in [6, 6.07) is -1.47. The fourth-order valence-corrected chi connectivity index (χ4v) is 7.79. The van der Waals surface area contributed by atoms with Crippen LogP contribution in [0.3, 0.4) is 0 Å². The molecular weight excluding hydrogens is 753 g/mol. The number of phosphoric acid groups is 1. The number of hydrogen-bond acceptors (Lipinski definition) is 8. The number of phosphoric ester groups is 1. The third kappa shape index (κ3) is 42.8. The number of nitrogens with two attached hydrogens (primary N) is 1. The van der Waals surface area contributed by atoms with Gasteiger partial charge in [0.15, 0.2) is 0 Å². The zero-order chi connectivity index (χ0) is 42.6. The summed E-state index contributed by atoms with van der Waals surface area (Å²) in [7, 11) is -4.61. The molecule has 344 valence electrons. The highest BCUT2D eigenvalue weighted by Crippen LogP contribution is 2.43. The predicted molar refractivity (Wildman–Crippen MR) is 240 cm³/mol. The fraction of sp³-hybridized carbons (Fsp3) is 0.915. The van der Waals surface area contributed by atoms with Crippen LogP contribution in [0.25, 0.3) is 0 Å². The van der Waals surface area contributed by atoms with Crippen LogP contribution in [0.1, 0.15) is 239 Å². The molecule has 0 radical (unpaired) electrons. The second-order valence-electron chi connectivity index (χ2n) is 16.6. The van der Waals surface area contributed by atoms with Crippen molar-refractivity contribution >= 4 is 19.8 Å². The van der Waals surface area contributed by atoms with Crippen LogP contribution >= 0.6 is 7.82 Å². The zero-order valence-corrected chi connectivity index (χ0v) is 38.6. The highest BCUT2D eigenvalue weighted by molar-refractivity contribution is 7.47. The number of hydrogen-bond donors (Lipinski definition) is 3. The second kappa shape index (κ2) is 43.8. The molecule has 0 saturated heterocycles. The first-order valence-electron chi connectivity index (χ1n) is 24.2. The summed E-state index contributed by atoms with van der Waals surface area (Å²) < 4.78 is 33.5. The maximum atomic E-state index is 12.7. The van der Waals surface area contributed by atoms with Crippen molar-refractivity contribution in [2.45, 2.75) is 251 Å². The van der Waals surface area contributed by atoms with Gasteiger partial charge in [-0.1, -0.05) is 206 Å². The Morgan fingerprint density at radius 3 is 1.31 bits per heavy atom. The highest BCUT2D eigenvalue weighted by Gasteiger charge is 2.27. The lowest BCUT2D eigenvalue weighted by Crippen LogP contribution is -2.34. The topological polar surface area (TPSA) is 155 Å². The average Bonchev–Trinajstić information content (AvgIpc) is 3.20. The van der Waals surface area contributed by atoms with Crippen LogP contribution < -0.4 is 5.73 Å². The van der Waals surface area contributed by atoms with Gasteiger partial charge < -0.3 is 25.2 Å². The summed E-state index contributed by atoms with van der Waals surface area (Å²) in [4.78, 5) is 33.6. The quantitative estimate of drug-likeness (QED) is 0.0233. The van der Waals surface area contributed by atoms with Crippen molar-refractivity contribution in [1.82, 2.24) is 0 Å². The highest BCUT2D eigenvalue weighted by atomic mass is 31.2. The van der Waals surface area contributed by atoms with Crippen LogP contribution in [0.15, 0.2) is 12.2 Å². The first-order chi connectivity index (χ1) is 28.2. The van der Waals surface area contributed by atoms with Gasteiger partial charge in [-0.3, -0.25) is 18.6 Å². The van der Waals surface area contributed by atoms with Gasteiger partial charge in [-0.2, -0.15) is 0 Å². The Hall–Kier alpha value is -1.29. The van der Waals surface area contributed by atoms with Crippen LogP contribution in [-0.2, 0) is 32.7 Å². The molecule has 10 nitrogen and oxygen atoms in total. The van der Waals surface area contributed by atoms with E-state index in [2.05, 4.69) is 26.0 Å². The number of carboxylic acids is 1. The smallest absolute Gasteiger partial charge is 0.472 e. The lowest BCUT2D eigenvalue weighted by molar-refractivity contribution is -0.154. The summed E-state index contributed by atoms with van der Waals surface area (Å²) >= 11 is 0. The van der Waals surface area contributed by atoms with Crippen LogP contribution in [-0.4, -0.2) is 60.5 Å². The fourth-order valence-electron chi connectivity index (χ4n) is 7.01. The van der Waals surface area contributed by atoms with Gasteiger partial charge in [-0.25, -0.2) is 4.57 Å². The van der Waals surface area contributed by atoms with Gasteiger partial charge in [0.25, 0.3) is 0 Å². The number of unbranched alkanes of at least 4 members (excludes halogenated alkanes) is 31. The molecule has 0 aliphatic rings. The summed E-state index contributed by atoms with van der Waals surface area (Å²) in [5.41, 5.74) is 5.37. The van der Waals surface area contributed by atoms with Crippen LogP contribution in [0.2, 0.25) is 0 Å². The maximum absolute atomic E-state index is 12.7. The lowest BCUT2D eigenvalue weighted by Gasteiger charge is -2.20. The molecule has 0 spiro atoms. The van der Waals surface area contributed by atoms with E-state index in [9.17, 15) is 19.0 Å². The average molecular weight is 846 g/mol. The number of aliphatic carboxylic acids is 1. The SMILES string of the molecule is CCCCCCCC/C=C\CCCCCCCCCCCC(=O)OC(COCCCCCCCCCCCCCCCCCCC)COP(=O)(O)OCC(N)C(=O)O. The molecule has 0 aromatic carbocycles. The molecular formula is C47H92NO9P. The molecule has 0 saturated carbocycles. The molecule has 0 fully saturated rings. The molecule has 3 atom stereocenters. The standard InChI is InChI=1S/C47H92NO9P/c1-3-5-7-9-11-13-15-17-19-21-22-23-25-27-29-31-33-35-37-39-46(49)57-44(42-55-58(52,53)56-43-45(48)47(50)51)41-54-40-38-36-34-32-30-28-26-24-20-18-16-14-12-10-8-6-4-2/h17,19,44-45H,3-16,18,20-43,48H2,1-2H3,(H,50,51)(H,52,53)/b19-17-. The molecule has 4 N–H and O–H groups in total. The Morgan fingerprint density at radius 2 is 0.897 bits per heavy atom. The number of ether oxygens (including phenoxy) is 2. The van der Waals surface area contributed by atoms with E-state index in [4.69, 9.17) is 29.4 Å². The summed E-state index contributed by atoms with van der Waals surface area (Å²) in [5, 5.41) is 8.91.